The number of hydrogen-bond acceptors (Lipinski definition) is 1. The number of aryl methyl sites for hydroxylation is 1. The lowest BCUT2D eigenvalue weighted by atomic mass is 9.95. The largest absolute Gasteiger partial charge is 0.276 e. The van der Waals surface area contributed by atoms with Crippen LogP contribution < -0.4 is 0 Å². The van der Waals surface area contributed by atoms with Crippen molar-refractivity contribution in [3.8, 4) is 0 Å². The van der Waals surface area contributed by atoms with E-state index in [1.54, 1.807) is 12.1 Å². The van der Waals surface area contributed by atoms with Gasteiger partial charge in [0.25, 0.3) is 5.24 Å². The summed E-state index contributed by atoms with van der Waals surface area (Å²) in [6.45, 7) is 2.14. The van der Waals surface area contributed by atoms with Crippen LogP contribution in [0.3, 0.4) is 0 Å². The van der Waals surface area contributed by atoms with Gasteiger partial charge in [-0.1, -0.05) is 72.3 Å². The Kier molecular flexibility index (Phi) is 6.67. The summed E-state index contributed by atoms with van der Waals surface area (Å²) in [6.07, 6.45) is 1.42. The number of benzene rings is 4. The van der Waals surface area contributed by atoms with Crippen molar-refractivity contribution in [2.75, 3.05) is 0 Å². The second-order valence-corrected chi connectivity index (χ2v) is 9.03. The van der Waals surface area contributed by atoms with Gasteiger partial charge in [-0.2, -0.15) is 0 Å². The summed E-state index contributed by atoms with van der Waals surface area (Å²) in [5.74, 6) is 0. The summed E-state index contributed by atoms with van der Waals surface area (Å²) < 4.78 is 0. The van der Waals surface area contributed by atoms with Crippen LogP contribution in [0.4, 0.5) is 0 Å². The molecule has 0 N–H and O–H groups in total. The number of rotatable bonds is 6. The predicted molar refractivity (Wildman–Crippen MR) is 132 cm³/mol. The highest BCUT2D eigenvalue weighted by atomic mass is 35.5. The topological polar surface area (TPSA) is 17.1 Å². The van der Waals surface area contributed by atoms with E-state index < -0.39 is 5.24 Å². The number of carbonyl (C=O) groups excluding carboxylic acids is 1. The number of fused-ring (bicyclic) bond motifs is 1. The molecule has 0 aliphatic heterocycles. The normalized spacial score (nSPS) is 12.1. The molecule has 0 spiro atoms. The lowest BCUT2D eigenvalue weighted by molar-refractivity contribution is 0.108. The van der Waals surface area contributed by atoms with Crippen molar-refractivity contribution in [2.45, 2.75) is 25.1 Å². The molecule has 1 nitrogen and oxygen atoms in total. The van der Waals surface area contributed by atoms with Gasteiger partial charge in [0.2, 0.25) is 0 Å². The van der Waals surface area contributed by atoms with Crippen LogP contribution in [0.5, 0.6) is 0 Å². The van der Waals surface area contributed by atoms with Gasteiger partial charge < -0.3 is 0 Å². The second kappa shape index (κ2) is 9.44. The van der Waals surface area contributed by atoms with Crippen LogP contribution in [0.25, 0.3) is 10.8 Å². The first kappa shape index (κ1) is 21.9. The number of halogens is 3. The fraction of sp³-hybridized carbons (Fsp3) is 0.148. The van der Waals surface area contributed by atoms with Gasteiger partial charge in [-0.05, 0) is 88.2 Å². The molecular formula is C27H21Cl3O. The predicted octanol–water partition coefficient (Wildman–Crippen LogP) is 8.29. The van der Waals surface area contributed by atoms with E-state index >= 15 is 0 Å². The third kappa shape index (κ3) is 4.96. The molecule has 1 unspecified atom stereocenters. The molecule has 0 heterocycles. The zero-order valence-corrected chi connectivity index (χ0v) is 19.3. The van der Waals surface area contributed by atoms with Crippen LogP contribution in [-0.4, -0.2) is 5.24 Å². The highest BCUT2D eigenvalue weighted by molar-refractivity contribution is 6.67. The molecule has 4 heteroatoms. The fourth-order valence-electron chi connectivity index (χ4n) is 3.88. The van der Waals surface area contributed by atoms with E-state index in [1.807, 2.05) is 18.2 Å². The van der Waals surface area contributed by atoms with Crippen LogP contribution >= 0.6 is 34.8 Å². The Morgan fingerprint density at radius 1 is 0.871 bits per heavy atom. The monoisotopic (exact) mass is 466 g/mol. The molecular weight excluding hydrogens is 447 g/mol. The summed E-state index contributed by atoms with van der Waals surface area (Å²) in [6, 6.07) is 26.1. The Hall–Kier alpha value is -2.32. The molecule has 0 aromatic heterocycles. The standard InChI is InChI=1S/C27H21Cl3O/c1-17-6-8-21(24-5-3-2-4-23(17)24)16-22-9-7-18(15-26(22)29)14-25(28)19-10-12-20(13-11-19)27(30)31/h2-13,15,25H,14,16H2,1H3. The van der Waals surface area contributed by atoms with Crippen molar-refractivity contribution < 1.29 is 4.79 Å². The maximum Gasteiger partial charge on any atom is 0.252 e. The highest BCUT2D eigenvalue weighted by Crippen LogP contribution is 2.30. The van der Waals surface area contributed by atoms with E-state index in [0.717, 1.165) is 28.1 Å². The van der Waals surface area contributed by atoms with Crippen molar-refractivity contribution in [2.24, 2.45) is 0 Å². The molecule has 4 aromatic rings. The second-order valence-electron chi connectivity index (χ2n) is 7.76. The van der Waals surface area contributed by atoms with Gasteiger partial charge in [0.15, 0.2) is 0 Å². The Morgan fingerprint density at radius 2 is 1.55 bits per heavy atom. The van der Waals surface area contributed by atoms with Crippen molar-refractivity contribution in [3.05, 3.63) is 117 Å². The number of hydrogen-bond donors (Lipinski definition) is 0. The van der Waals surface area contributed by atoms with Crippen LogP contribution in [0, 0.1) is 6.92 Å². The van der Waals surface area contributed by atoms with E-state index in [9.17, 15) is 4.79 Å². The summed E-state index contributed by atoms with van der Waals surface area (Å²) in [5, 5.41) is 2.60. The first-order valence-corrected chi connectivity index (χ1v) is 11.3. The minimum atomic E-state index is -0.471. The zero-order chi connectivity index (χ0) is 22.0. The first-order valence-electron chi connectivity index (χ1n) is 10.1. The highest BCUT2D eigenvalue weighted by Gasteiger charge is 2.13. The van der Waals surface area contributed by atoms with Gasteiger partial charge in [0.05, 0.1) is 5.38 Å². The van der Waals surface area contributed by atoms with Gasteiger partial charge in [0.1, 0.15) is 0 Å². The fourth-order valence-corrected chi connectivity index (χ4v) is 4.60. The van der Waals surface area contributed by atoms with Crippen molar-refractivity contribution in [3.63, 3.8) is 0 Å². The number of carbonyl (C=O) groups is 1. The molecule has 4 aromatic carbocycles. The van der Waals surface area contributed by atoms with E-state index in [4.69, 9.17) is 34.8 Å². The Bertz CT molecular complexity index is 1250. The lowest BCUT2D eigenvalue weighted by Crippen LogP contribution is -1.99. The third-order valence-electron chi connectivity index (χ3n) is 5.65. The molecule has 0 amide bonds. The molecule has 0 saturated heterocycles. The molecule has 0 aliphatic carbocycles. The average Bonchev–Trinajstić information content (AvgIpc) is 2.77. The molecule has 31 heavy (non-hydrogen) atoms. The number of alkyl halides is 1. The molecule has 156 valence electrons. The summed E-state index contributed by atoms with van der Waals surface area (Å²) >= 11 is 18.8. The van der Waals surface area contributed by atoms with Gasteiger partial charge >= 0.3 is 0 Å². The van der Waals surface area contributed by atoms with Crippen LogP contribution in [0.2, 0.25) is 5.02 Å². The zero-order valence-electron chi connectivity index (χ0n) is 17.0. The minimum absolute atomic E-state index is 0.220. The smallest absolute Gasteiger partial charge is 0.252 e. The Morgan fingerprint density at radius 3 is 2.23 bits per heavy atom. The summed E-state index contributed by atoms with van der Waals surface area (Å²) in [7, 11) is 0. The van der Waals surface area contributed by atoms with Crippen LogP contribution in [0.1, 0.15) is 43.6 Å². The van der Waals surface area contributed by atoms with Gasteiger partial charge in [-0.15, -0.1) is 11.6 Å². The van der Waals surface area contributed by atoms with Crippen LogP contribution in [-0.2, 0) is 12.8 Å². The van der Waals surface area contributed by atoms with Gasteiger partial charge in [-0.25, -0.2) is 0 Å². The molecule has 0 fully saturated rings. The van der Waals surface area contributed by atoms with Crippen molar-refractivity contribution >= 4 is 50.8 Å². The SMILES string of the molecule is Cc1ccc(Cc2ccc(CC(Cl)c3ccc(C(=O)Cl)cc3)cc2Cl)c2ccccc12. The maximum absolute atomic E-state index is 11.2. The lowest BCUT2D eigenvalue weighted by Gasteiger charge is -2.13. The Labute approximate surface area is 197 Å². The van der Waals surface area contributed by atoms with E-state index in [0.29, 0.717) is 12.0 Å². The summed E-state index contributed by atoms with van der Waals surface area (Å²) in [4.78, 5) is 11.2. The molecule has 4 rings (SSSR count). The minimum Gasteiger partial charge on any atom is -0.276 e. The van der Waals surface area contributed by atoms with E-state index in [1.165, 1.54) is 21.9 Å². The quantitative estimate of drug-likeness (QED) is 0.206. The van der Waals surface area contributed by atoms with E-state index in [2.05, 4.69) is 55.5 Å². The molecule has 0 bridgehead atoms. The van der Waals surface area contributed by atoms with Crippen LogP contribution in [0.15, 0.2) is 78.9 Å². The van der Waals surface area contributed by atoms with Crippen molar-refractivity contribution in [1.82, 2.24) is 0 Å². The van der Waals surface area contributed by atoms with E-state index in [-0.39, 0.29) is 5.38 Å². The first-order chi connectivity index (χ1) is 14.9. The summed E-state index contributed by atoms with van der Waals surface area (Å²) in [5.41, 5.74) is 6.10. The Balaban J connectivity index is 1.52. The maximum atomic E-state index is 11.2. The average molecular weight is 468 g/mol. The van der Waals surface area contributed by atoms with Crippen molar-refractivity contribution in [1.29, 1.82) is 0 Å². The van der Waals surface area contributed by atoms with Gasteiger partial charge in [0, 0.05) is 10.6 Å². The molecule has 1 atom stereocenters. The molecule has 0 radical (unpaired) electrons. The third-order valence-corrected chi connectivity index (χ3v) is 6.62. The molecule has 0 saturated carbocycles. The molecule has 0 aliphatic rings. The van der Waals surface area contributed by atoms with Gasteiger partial charge in [-0.3, -0.25) is 4.79 Å².